The van der Waals surface area contributed by atoms with E-state index in [0.717, 1.165) is 16.9 Å². The van der Waals surface area contributed by atoms with Crippen LogP contribution in [0.25, 0.3) is 0 Å². The lowest BCUT2D eigenvalue weighted by Gasteiger charge is -2.31. The molecule has 2 aromatic carbocycles. The van der Waals surface area contributed by atoms with Crippen LogP contribution < -0.4 is 9.47 Å². The Morgan fingerprint density at radius 2 is 1.67 bits per heavy atom. The lowest BCUT2D eigenvalue weighted by atomic mass is 9.86. The number of ether oxygens (including phenoxy) is 2. The first-order valence-electron chi connectivity index (χ1n) is 13.5. The third kappa shape index (κ3) is 8.09. The van der Waals surface area contributed by atoms with E-state index >= 15 is 0 Å². The van der Waals surface area contributed by atoms with Gasteiger partial charge in [-0.15, -0.1) is 11.3 Å². The zero-order valence-electron chi connectivity index (χ0n) is 24.3. The molecular weight excluding hydrogens is 508 g/mol. The molecule has 0 bridgehead atoms. The number of hydrogen-bond acceptors (Lipinski definition) is 5. The second-order valence-corrected chi connectivity index (χ2v) is 11.9. The maximum Gasteiger partial charge on any atom is 0.254 e. The third-order valence-electron chi connectivity index (χ3n) is 7.09. The SMILES string of the molecule is CCC(C)N(CC(=O)N(CCc1ccc(OC)c(OC)c1)Cc1cccs1)C(=O)c1ccc(C(C)(C)C)cc1. The molecule has 0 saturated carbocycles. The largest absolute Gasteiger partial charge is 0.493 e. The van der Waals surface area contributed by atoms with Crippen molar-refractivity contribution in [3.8, 4) is 11.5 Å². The first-order valence-corrected chi connectivity index (χ1v) is 14.4. The molecule has 3 rings (SSSR count). The van der Waals surface area contributed by atoms with Crippen molar-refractivity contribution in [2.45, 2.75) is 65.5 Å². The molecule has 1 aromatic heterocycles. The molecule has 210 valence electrons. The van der Waals surface area contributed by atoms with Gasteiger partial charge in [-0.25, -0.2) is 0 Å². The number of thiophene rings is 1. The molecule has 0 fully saturated rings. The van der Waals surface area contributed by atoms with Crippen molar-refractivity contribution in [3.63, 3.8) is 0 Å². The Morgan fingerprint density at radius 1 is 0.974 bits per heavy atom. The van der Waals surface area contributed by atoms with Crippen LogP contribution in [0.4, 0.5) is 0 Å². The fourth-order valence-electron chi connectivity index (χ4n) is 4.36. The second-order valence-electron chi connectivity index (χ2n) is 10.9. The van der Waals surface area contributed by atoms with Crippen molar-refractivity contribution in [2.75, 3.05) is 27.3 Å². The number of carbonyl (C=O) groups excluding carboxylic acids is 2. The van der Waals surface area contributed by atoms with Crippen molar-refractivity contribution in [3.05, 3.63) is 81.5 Å². The summed E-state index contributed by atoms with van der Waals surface area (Å²) in [6.07, 6.45) is 1.42. The topological polar surface area (TPSA) is 59.1 Å². The molecule has 1 unspecified atom stereocenters. The molecule has 6 nitrogen and oxygen atoms in total. The number of methoxy groups -OCH3 is 2. The van der Waals surface area contributed by atoms with Gasteiger partial charge in [-0.05, 0) is 72.0 Å². The zero-order chi connectivity index (χ0) is 28.6. The van der Waals surface area contributed by atoms with Crippen LogP contribution in [0.2, 0.25) is 0 Å². The summed E-state index contributed by atoms with van der Waals surface area (Å²) in [7, 11) is 3.23. The molecule has 1 atom stereocenters. The van der Waals surface area contributed by atoms with Gasteiger partial charge in [-0.3, -0.25) is 9.59 Å². The Kier molecular flexibility index (Phi) is 10.6. The Hall–Kier alpha value is -3.32. The van der Waals surface area contributed by atoms with Gasteiger partial charge in [0.15, 0.2) is 11.5 Å². The van der Waals surface area contributed by atoms with Gasteiger partial charge >= 0.3 is 0 Å². The summed E-state index contributed by atoms with van der Waals surface area (Å²) in [6, 6.07) is 17.6. The van der Waals surface area contributed by atoms with Gasteiger partial charge in [0.25, 0.3) is 5.91 Å². The van der Waals surface area contributed by atoms with E-state index in [-0.39, 0.29) is 29.8 Å². The van der Waals surface area contributed by atoms with Crippen molar-refractivity contribution < 1.29 is 19.1 Å². The highest BCUT2D eigenvalue weighted by atomic mass is 32.1. The van der Waals surface area contributed by atoms with Crippen molar-refractivity contribution >= 4 is 23.2 Å². The van der Waals surface area contributed by atoms with Crippen LogP contribution in [0.5, 0.6) is 11.5 Å². The predicted molar refractivity (Wildman–Crippen MR) is 159 cm³/mol. The second kappa shape index (κ2) is 13.7. The first kappa shape index (κ1) is 30.2. The van der Waals surface area contributed by atoms with Crippen LogP contribution >= 0.6 is 11.3 Å². The monoisotopic (exact) mass is 550 g/mol. The average molecular weight is 551 g/mol. The van der Waals surface area contributed by atoms with Crippen LogP contribution in [-0.2, 0) is 23.2 Å². The van der Waals surface area contributed by atoms with E-state index in [2.05, 4.69) is 20.8 Å². The van der Waals surface area contributed by atoms with Crippen LogP contribution in [0, 0.1) is 0 Å². The highest BCUT2D eigenvalue weighted by Crippen LogP contribution is 2.28. The maximum absolute atomic E-state index is 13.8. The summed E-state index contributed by atoms with van der Waals surface area (Å²) in [5, 5.41) is 2.02. The molecule has 0 aliphatic heterocycles. The minimum atomic E-state index is -0.117. The van der Waals surface area contributed by atoms with Crippen molar-refractivity contribution in [2.24, 2.45) is 0 Å². The molecule has 0 aliphatic carbocycles. The highest BCUT2D eigenvalue weighted by molar-refractivity contribution is 7.09. The number of nitrogens with zero attached hydrogens (tertiary/aromatic N) is 2. The van der Waals surface area contributed by atoms with Gasteiger partial charge in [-0.2, -0.15) is 0 Å². The summed E-state index contributed by atoms with van der Waals surface area (Å²) in [4.78, 5) is 32.1. The van der Waals surface area contributed by atoms with Gasteiger partial charge in [0.2, 0.25) is 5.91 Å². The molecule has 0 radical (unpaired) electrons. The first-order chi connectivity index (χ1) is 18.6. The van der Waals surface area contributed by atoms with E-state index in [1.54, 1.807) is 30.5 Å². The minimum Gasteiger partial charge on any atom is -0.493 e. The van der Waals surface area contributed by atoms with E-state index in [9.17, 15) is 9.59 Å². The van der Waals surface area contributed by atoms with E-state index in [0.29, 0.717) is 36.6 Å². The fourth-order valence-corrected chi connectivity index (χ4v) is 5.07. The molecule has 3 aromatic rings. The zero-order valence-corrected chi connectivity index (χ0v) is 25.1. The molecule has 1 heterocycles. The van der Waals surface area contributed by atoms with Crippen LogP contribution in [0.1, 0.15) is 67.4 Å². The maximum atomic E-state index is 13.8. The summed E-state index contributed by atoms with van der Waals surface area (Å²) >= 11 is 1.63. The summed E-state index contributed by atoms with van der Waals surface area (Å²) < 4.78 is 10.8. The smallest absolute Gasteiger partial charge is 0.254 e. The fraction of sp³-hybridized carbons (Fsp3) is 0.438. The van der Waals surface area contributed by atoms with Gasteiger partial charge in [-0.1, -0.05) is 52.0 Å². The van der Waals surface area contributed by atoms with E-state index in [1.807, 2.05) is 78.7 Å². The molecule has 7 heteroatoms. The molecule has 0 aliphatic rings. The van der Waals surface area contributed by atoms with E-state index in [4.69, 9.17) is 9.47 Å². The number of hydrogen-bond donors (Lipinski definition) is 0. The van der Waals surface area contributed by atoms with Gasteiger partial charge in [0, 0.05) is 23.0 Å². The quantitative estimate of drug-likeness (QED) is 0.256. The normalized spacial score (nSPS) is 12.1. The van der Waals surface area contributed by atoms with Gasteiger partial charge < -0.3 is 19.3 Å². The van der Waals surface area contributed by atoms with Gasteiger partial charge in [0.05, 0.1) is 20.8 Å². The molecule has 2 amide bonds. The summed E-state index contributed by atoms with van der Waals surface area (Å²) in [5.41, 5.74) is 2.82. The van der Waals surface area contributed by atoms with E-state index < -0.39 is 0 Å². The Balaban J connectivity index is 1.80. The van der Waals surface area contributed by atoms with Crippen LogP contribution in [0.15, 0.2) is 60.0 Å². The van der Waals surface area contributed by atoms with Crippen molar-refractivity contribution in [1.82, 2.24) is 9.80 Å². The molecule has 0 N–H and O–H groups in total. The summed E-state index contributed by atoms with van der Waals surface area (Å²) in [6.45, 7) is 11.6. The number of benzene rings is 2. The molecule has 0 spiro atoms. The molecular formula is C32H42N2O4S. The highest BCUT2D eigenvalue weighted by Gasteiger charge is 2.26. The molecule has 0 saturated heterocycles. The standard InChI is InChI=1S/C32H42N2O4S/c1-8-23(2)34(31(36)25-12-14-26(15-13-25)32(3,4)5)22-30(35)33(21-27-10-9-19-39-27)18-17-24-11-16-28(37-6)29(20-24)38-7/h9-16,19-20,23H,8,17-18,21-22H2,1-7H3. The Labute approximate surface area is 237 Å². The van der Waals surface area contributed by atoms with E-state index in [1.165, 1.54) is 5.56 Å². The van der Waals surface area contributed by atoms with Crippen molar-refractivity contribution in [1.29, 1.82) is 0 Å². The minimum absolute atomic E-state index is 0.00410. The van der Waals surface area contributed by atoms with Gasteiger partial charge in [0.1, 0.15) is 6.54 Å². The van der Waals surface area contributed by atoms with Crippen LogP contribution in [-0.4, -0.2) is 55.0 Å². The molecule has 39 heavy (non-hydrogen) atoms. The lowest BCUT2D eigenvalue weighted by molar-refractivity contribution is -0.132. The Bertz CT molecular complexity index is 1220. The van der Waals surface area contributed by atoms with Crippen LogP contribution in [0.3, 0.4) is 0 Å². The Morgan fingerprint density at radius 3 is 2.23 bits per heavy atom. The number of amides is 2. The lowest BCUT2D eigenvalue weighted by Crippen LogP contribution is -2.46. The number of carbonyl (C=O) groups is 2. The summed E-state index contributed by atoms with van der Waals surface area (Å²) in [5.74, 6) is 1.15. The predicted octanol–water partition coefficient (Wildman–Crippen LogP) is 6.58. The average Bonchev–Trinajstić information content (AvgIpc) is 3.45. The third-order valence-corrected chi connectivity index (χ3v) is 7.95. The number of rotatable bonds is 12.